The number of aryl methyl sites for hydroxylation is 1. The van der Waals surface area contributed by atoms with Gasteiger partial charge in [-0.15, -0.1) is 0 Å². The summed E-state index contributed by atoms with van der Waals surface area (Å²) < 4.78 is 0. The Kier molecular flexibility index (Phi) is 5.75. The number of hydrogen-bond donors (Lipinski definition) is 1. The van der Waals surface area contributed by atoms with E-state index in [0.717, 1.165) is 50.4 Å². The number of benzene rings is 1. The molecule has 0 saturated heterocycles. The minimum atomic E-state index is 0.196. The van der Waals surface area contributed by atoms with Crippen LogP contribution >= 0.6 is 0 Å². The average molecular weight is 234 g/mol. The fraction of sp³-hybridized carbons (Fsp3) is 0.533. The van der Waals surface area contributed by atoms with Crippen molar-refractivity contribution in [2.24, 2.45) is 0 Å². The normalized spacial score (nSPS) is 10.5. The number of carbonyl (C=O) groups excluding carboxylic acids is 1. The number of aldehydes is 1. The second kappa shape index (κ2) is 7.10. The Hall–Kier alpha value is -1.31. The molecule has 1 rings (SSSR count). The fourth-order valence-corrected chi connectivity index (χ4v) is 2.03. The molecule has 0 unspecified atom stereocenters. The second-order valence-corrected chi connectivity index (χ2v) is 4.47. The summed E-state index contributed by atoms with van der Waals surface area (Å²) in [5.41, 5.74) is 2.59. The van der Waals surface area contributed by atoms with E-state index < -0.39 is 0 Å². The molecular formula is C15H22O2. The summed E-state index contributed by atoms with van der Waals surface area (Å²) >= 11 is 0. The first kappa shape index (κ1) is 13.8. The van der Waals surface area contributed by atoms with Crippen LogP contribution in [0, 0.1) is 0 Å². The maximum absolute atomic E-state index is 10.8. The molecule has 0 radical (unpaired) electrons. The van der Waals surface area contributed by atoms with Gasteiger partial charge in [-0.05, 0) is 42.9 Å². The van der Waals surface area contributed by atoms with Gasteiger partial charge >= 0.3 is 0 Å². The van der Waals surface area contributed by atoms with Crippen molar-refractivity contribution in [1.82, 2.24) is 0 Å². The van der Waals surface area contributed by atoms with E-state index in [1.54, 1.807) is 6.07 Å². The number of unbranched alkanes of at least 4 members (excludes halogenated alkanes) is 2. The van der Waals surface area contributed by atoms with Crippen molar-refractivity contribution < 1.29 is 9.90 Å². The molecule has 1 aromatic carbocycles. The van der Waals surface area contributed by atoms with Gasteiger partial charge in [-0.1, -0.05) is 32.8 Å². The Morgan fingerprint density at radius 1 is 1.12 bits per heavy atom. The van der Waals surface area contributed by atoms with Crippen LogP contribution in [-0.2, 0) is 12.8 Å². The van der Waals surface area contributed by atoms with Crippen molar-refractivity contribution in [3.63, 3.8) is 0 Å². The lowest BCUT2D eigenvalue weighted by Gasteiger charge is -2.12. The Morgan fingerprint density at radius 3 is 2.35 bits per heavy atom. The fourth-order valence-electron chi connectivity index (χ4n) is 2.03. The Labute approximate surface area is 104 Å². The van der Waals surface area contributed by atoms with E-state index in [0.29, 0.717) is 5.56 Å². The molecule has 0 bridgehead atoms. The minimum Gasteiger partial charge on any atom is -0.507 e. The van der Waals surface area contributed by atoms with Crippen molar-refractivity contribution >= 4 is 6.29 Å². The molecule has 0 aromatic heterocycles. The minimum absolute atomic E-state index is 0.196. The molecule has 0 fully saturated rings. The van der Waals surface area contributed by atoms with Gasteiger partial charge in [0.25, 0.3) is 0 Å². The van der Waals surface area contributed by atoms with Crippen LogP contribution in [0.2, 0.25) is 0 Å². The van der Waals surface area contributed by atoms with Crippen molar-refractivity contribution in [3.8, 4) is 5.75 Å². The highest BCUT2D eigenvalue weighted by atomic mass is 16.3. The van der Waals surface area contributed by atoms with Gasteiger partial charge in [-0.2, -0.15) is 0 Å². The first-order valence-corrected chi connectivity index (χ1v) is 6.53. The Bertz CT molecular complexity index is 369. The van der Waals surface area contributed by atoms with Crippen molar-refractivity contribution in [3.05, 3.63) is 28.8 Å². The molecule has 0 aliphatic rings. The van der Waals surface area contributed by atoms with Gasteiger partial charge in [0.2, 0.25) is 0 Å². The maximum Gasteiger partial charge on any atom is 0.153 e. The highest BCUT2D eigenvalue weighted by Crippen LogP contribution is 2.28. The molecule has 0 atom stereocenters. The molecule has 1 N–H and O–H groups in total. The molecule has 1 aromatic rings. The third kappa shape index (κ3) is 3.58. The lowest BCUT2D eigenvalue weighted by atomic mass is 9.95. The highest BCUT2D eigenvalue weighted by Gasteiger charge is 2.11. The van der Waals surface area contributed by atoms with E-state index in [-0.39, 0.29) is 5.75 Å². The van der Waals surface area contributed by atoms with Gasteiger partial charge in [0.15, 0.2) is 6.29 Å². The van der Waals surface area contributed by atoms with Gasteiger partial charge in [0.1, 0.15) is 5.75 Å². The van der Waals surface area contributed by atoms with E-state index in [9.17, 15) is 9.90 Å². The van der Waals surface area contributed by atoms with E-state index in [2.05, 4.69) is 13.8 Å². The van der Waals surface area contributed by atoms with Gasteiger partial charge in [-0.3, -0.25) is 4.79 Å². The summed E-state index contributed by atoms with van der Waals surface area (Å²) in [5.74, 6) is 0.196. The molecule has 2 nitrogen and oxygen atoms in total. The van der Waals surface area contributed by atoms with E-state index in [1.165, 1.54) is 5.56 Å². The van der Waals surface area contributed by atoms with Crippen molar-refractivity contribution in [2.75, 3.05) is 0 Å². The van der Waals surface area contributed by atoms with Crippen LogP contribution in [0.1, 0.15) is 61.0 Å². The zero-order valence-corrected chi connectivity index (χ0v) is 10.8. The predicted octanol–water partition coefficient (Wildman–Crippen LogP) is 3.89. The number of phenols is 1. The first-order chi connectivity index (χ1) is 8.24. The summed E-state index contributed by atoms with van der Waals surface area (Å²) in [6, 6.07) is 3.72. The van der Waals surface area contributed by atoms with Gasteiger partial charge in [0.05, 0.1) is 5.56 Å². The predicted molar refractivity (Wildman–Crippen MR) is 70.7 cm³/mol. The van der Waals surface area contributed by atoms with Gasteiger partial charge in [-0.25, -0.2) is 0 Å². The highest BCUT2D eigenvalue weighted by molar-refractivity contribution is 5.80. The molecule has 0 aliphatic carbocycles. The Morgan fingerprint density at radius 2 is 1.76 bits per heavy atom. The standard InChI is InChI=1S/C15H22O2/c1-3-5-7-12-9-10-13(11-16)15(17)14(12)8-6-4-2/h9-11,17H,3-8H2,1-2H3. The molecule has 0 amide bonds. The summed E-state index contributed by atoms with van der Waals surface area (Å²) in [6.07, 6.45) is 7.00. The van der Waals surface area contributed by atoms with Crippen LogP contribution in [0.4, 0.5) is 0 Å². The number of hydrogen-bond acceptors (Lipinski definition) is 2. The summed E-state index contributed by atoms with van der Waals surface area (Å²) in [6.45, 7) is 4.29. The molecule has 0 spiro atoms. The molecule has 17 heavy (non-hydrogen) atoms. The number of phenolic OH excluding ortho intramolecular Hbond substituents is 1. The Balaban J connectivity index is 3.01. The van der Waals surface area contributed by atoms with Crippen molar-refractivity contribution in [1.29, 1.82) is 0 Å². The van der Waals surface area contributed by atoms with E-state index >= 15 is 0 Å². The summed E-state index contributed by atoms with van der Waals surface area (Å²) in [5, 5.41) is 10.1. The largest absolute Gasteiger partial charge is 0.507 e. The topological polar surface area (TPSA) is 37.3 Å². The van der Waals surface area contributed by atoms with Crippen LogP contribution in [-0.4, -0.2) is 11.4 Å². The smallest absolute Gasteiger partial charge is 0.153 e. The second-order valence-electron chi connectivity index (χ2n) is 4.47. The average Bonchev–Trinajstić information content (AvgIpc) is 2.35. The summed E-state index contributed by atoms with van der Waals surface area (Å²) in [7, 11) is 0. The van der Waals surface area contributed by atoms with Crippen LogP contribution in [0.3, 0.4) is 0 Å². The molecule has 0 aliphatic heterocycles. The third-order valence-electron chi connectivity index (χ3n) is 3.12. The monoisotopic (exact) mass is 234 g/mol. The van der Waals surface area contributed by atoms with Gasteiger partial charge in [0, 0.05) is 0 Å². The van der Waals surface area contributed by atoms with Crippen molar-refractivity contribution in [2.45, 2.75) is 52.4 Å². The zero-order valence-electron chi connectivity index (χ0n) is 10.8. The maximum atomic E-state index is 10.8. The summed E-state index contributed by atoms with van der Waals surface area (Å²) in [4.78, 5) is 10.8. The van der Waals surface area contributed by atoms with E-state index in [4.69, 9.17) is 0 Å². The lowest BCUT2D eigenvalue weighted by molar-refractivity contribution is 0.112. The number of carbonyl (C=O) groups is 1. The lowest BCUT2D eigenvalue weighted by Crippen LogP contribution is -1.98. The SMILES string of the molecule is CCCCc1ccc(C=O)c(O)c1CCCC. The third-order valence-corrected chi connectivity index (χ3v) is 3.12. The first-order valence-electron chi connectivity index (χ1n) is 6.53. The molecule has 0 saturated carbocycles. The zero-order chi connectivity index (χ0) is 12.7. The van der Waals surface area contributed by atoms with Crippen LogP contribution in [0.15, 0.2) is 12.1 Å². The molecule has 0 heterocycles. The molecule has 2 heteroatoms. The number of rotatable bonds is 7. The molecule has 94 valence electrons. The van der Waals surface area contributed by atoms with Gasteiger partial charge < -0.3 is 5.11 Å². The van der Waals surface area contributed by atoms with Crippen LogP contribution in [0.5, 0.6) is 5.75 Å². The van der Waals surface area contributed by atoms with E-state index in [1.807, 2.05) is 6.07 Å². The molecular weight excluding hydrogens is 212 g/mol. The quantitative estimate of drug-likeness (QED) is 0.727. The van der Waals surface area contributed by atoms with Crippen LogP contribution in [0.25, 0.3) is 0 Å². The number of aromatic hydroxyl groups is 1. The van der Waals surface area contributed by atoms with Crippen LogP contribution < -0.4 is 0 Å².